The number of carbonyl (C=O) groups is 2. The van der Waals surface area contributed by atoms with Gasteiger partial charge in [-0.3, -0.25) is 9.69 Å². The van der Waals surface area contributed by atoms with Gasteiger partial charge in [0.05, 0.1) is 13.2 Å². The molecule has 1 saturated heterocycles. The number of esters is 2. The number of morpholine rings is 1. The van der Waals surface area contributed by atoms with Crippen LogP contribution in [0.4, 0.5) is 0 Å². The quantitative estimate of drug-likeness (QED) is 0.701. The van der Waals surface area contributed by atoms with Gasteiger partial charge in [0.25, 0.3) is 0 Å². The van der Waals surface area contributed by atoms with E-state index in [0.29, 0.717) is 42.7 Å². The van der Waals surface area contributed by atoms with E-state index in [4.69, 9.17) is 18.9 Å². The lowest BCUT2D eigenvalue weighted by Crippen LogP contribution is -2.39. The van der Waals surface area contributed by atoms with Crippen molar-refractivity contribution in [2.75, 3.05) is 39.5 Å². The molecule has 1 fully saturated rings. The van der Waals surface area contributed by atoms with Gasteiger partial charge in [0.2, 0.25) is 0 Å². The molecule has 1 atom stereocenters. The molecule has 0 bridgehead atoms. The van der Waals surface area contributed by atoms with Crippen molar-refractivity contribution in [3.8, 4) is 11.5 Å². The fraction of sp³-hybridized carbons (Fsp3) is 0.636. The number of fused-ring (bicyclic) bond motifs is 2. The van der Waals surface area contributed by atoms with Crippen LogP contribution >= 0.6 is 0 Å². The van der Waals surface area contributed by atoms with Gasteiger partial charge in [-0.15, -0.1) is 0 Å². The summed E-state index contributed by atoms with van der Waals surface area (Å²) in [4.78, 5) is 26.4. The Labute approximate surface area is 176 Å². The number of aromatic hydroxyl groups is 1. The molecule has 3 heterocycles. The molecule has 0 amide bonds. The highest BCUT2D eigenvalue weighted by molar-refractivity contribution is 5.98. The Kier molecular flexibility index (Phi) is 5.88. The van der Waals surface area contributed by atoms with E-state index in [1.54, 1.807) is 0 Å². The van der Waals surface area contributed by atoms with Gasteiger partial charge in [-0.05, 0) is 38.7 Å². The molecule has 0 unspecified atom stereocenters. The first-order chi connectivity index (χ1) is 14.4. The zero-order valence-electron chi connectivity index (χ0n) is 17.6. The Morgan fingerprint density at radius 2 is 2.03 bits per heavy atom. The first-order valence-corrected chi connectivity index (χ1v) is 10.6. The van der Waals surface area contributed by atoms with Gasteiger partial charge in [-0.1, -0.05) is 0 Å². The van der Waals surface area contributed by atoms with E-state index in [9.17, 15) is 14.7 Å². The number of phenols is 1. The fourth-order valence-electron chi connectivity index (χ4n) is 4.35. The molecule has 8 heteroatoms. The van der Waals surface area contributed by atoms with E-state index in [-0.39, 0.29) is 30.3 Å². The number of nitrogens with zero attached hydrogens (tertiary/aromatic N) is 1. The van der Waals surface area contributed by atoms with Crippen molar-refractivity contribution in [2.24, 2.45) is 0 Å². The highest BCUT2D eigenvalue weighted by atomic mass is 16.5. The van der Waals surface area contributed by atoms with Gasteiger partial charge in [0.15, 0.2) is 0 Å². The van der Waals surface area contributed by atoms with Crippen LogP contribution in [0.1, 0.15) is 53.2 Å². The molecule has 1 aromatic carbocycles. The van der Waals surface area contributed by atoms with Gasteiger partial charge in [-0.2, -0.15) is 0 Å². The summed E-state index contributed by atoms with van der Waals surface area (Å²) in [7, 11) is 0. The number of cyclic esters (lactones) is 1. The van der Waals surface area contributed by atoms with Crippen LogP contribution in [0.2, 0.25) is 0 Å². The van der Waals surface area contributed by atoms with Crippen molar-refractivity contribution in [3.63, 3.8) is 0 Å². The lowest BCUT2D eigenvalue weighted by Gasteiger charge is -2.37. The predicted molar refractivity (Wildman–Crippen MR) is 107 cm³/mol. The number of carbonyl (C=O) groups excluding carboxylic acids is 2. The third kappa shape index (κ3) is 4.11. The van der Waals surface area contributed by atoms with Gasteiger partial charge < -0.3 is 24.1 Å². The van der Waals surface area contributed by atoms with E-state index >= 15 is 0 Å². The molecule has 0 aromatic heterocycles. The molecular formula is C22H29NO7. The van der Waals surface area contributed by atoms with E-state index in [2.05, 4.69) is 4.90 Å². The Hall–Kier alpha value is -2.32. The summed E-state index contributed by atoms with van der Waals surface area (Å²) < 4.78 is 22.1. The largest absolute Gasteiger partial charge is 0.507 e. The zero-order chi connectivity index (χ0) is 21.3. The Balaban J connectivity index is 1.34. The number of phenolic OH excluding ortho intramolecular Hbond substituents is 1. The zero-order valence-corrected chi connectivity index (χ0v) is 17.6. The minimum absolute atomic E-state index is 0.0299. The molecule has 8 nitrogen and oxygen atoms in total. The molecule has 3 aliphatic heterocycles. The molecule has 0 aliphatic carbocycles. The predicted octanol–water partition coefficient (Wildman–Crippen LogP) is 2.11. The topological polar surface area (TPSA) is 94.5 Å². The van der Waals surface area contributed by atoms with Crippen LogP contribution in [-0.4, -0.2) is 67.0 Å². The summed E-state index contributed by atoms with van der Waals surface area (Å²) in [6.45, 7) is 8.30. The molecule has 3 aliphatic rings. The Bertz CT molecular complexity index is 847. The third-order valence-electron chi connectivity index (χ3n) is 6.33. The van der Waals surface area contributed by atoms with E-state index < -0.39 is 11.6 Å². The average molecular weight is 419 g/mol. The summed E-state index contributed by atoms with van der Waals surface area (Å²) in [5, 5.41) is 10.6. The standard InChI is InChI=1S/C22H29NO7/c1-14-16-13-29-21(26)18(16)19(25)15-3-5-22(2,30-20(14)15)6-4-17(24)28-12-9-23-7-10-27-11-8-23/h25H,3-13H2,1-2H3/t22-/m1/s1. The molecule has 0 spiro atoms. The van der Waals surface area contributed by atoms with Crippen LogP contribution in [0.15, 0.2) is 0 Å². The SMILES string of the molecule is Cc1c2c(c(O)c3c1O[C@@](C)(CCC(=O)OCCN1CCOCC1)CC3)C(=O)OC2. The third-order valence-corrected chi connectivity index (χ3v) is 6.33. The van der Waals surface area contributed by atoms with E-state index in [0.717, 1.165) is 38.4 Å². The summed E-state index contributed by atoms with van der Waals surface area (Å²) in [6.07, 6.45) is 2.01. The number of hydrogen-bond acceptors (Lipinski definition) is 8. The normalized spacial score (nSPS) is 23.3. The number of benzene rings is 1. The van der Waals surface area contributed by atoms with Crippen molar-refractivity contribution in [3.05, 3.63) is 22.3 Å². The van der Waals surface area contributed by atoms with Crippen LogP contribution in [0.25, 0.3) is 0 Å². The Morgan fingerprint density at radius 3 is 2.80 bits per heavy atom. The maximum absolute atomic E-state index is 12.2. The summed E-state index contributed by atoms with van der Waals surface area (Å²) in [5.41, 5.74) is 1.88. The lowest BCUT2D eigenvalue weighted by atomic mass is 9.85. The highest BCUT2D eigenvalue weighted by Crippen LogP contribution is 2.47. The first-order valence-electron chi connectivity index (χ1n) is 10.6. The maximum atomic E-state index is 12.2. The molecule has 4 rings (SSSR count). The van der Waals surface area contributed by atoms with Gasteiger partial charge >= 0.3 is 11.9 Å². The van der Waals surface area contributed by atoms with Crippen molar-refractivity contribution in [2.45, 2.75) is 51.7 Å². The van der Waals surface area contributed by atoms with Crippen LogP contribution in [0, 0.1) is 6.92 Å². The van der Waals surface area contributed by atoms with Gasteiger partial charge in [0, 0.05) is 37.2 Å². The summed E-state index contributed by atoms with van der Waals surface area (Å²) in [5.74, 6) is -0.135. The highest BCUT2D eigenvalue weighted by Gasteiger charge is 2.39. The fourth-order valence-corrected chi connectivity index (χ4v) is 4.35. The molecule has 1 aromatic rings. The average Bonchev–Trinajstić information content (AvgIpc) is 3.13. The van der Waals surface area contributed by atoms with Crippen LogP contribution in [0.3, 0.4) is 0 Å². The van der Waals surface area contributed by atoms with E-state index in [1.807, 2.05) is 13.8 Å². The van der Waals surface area contributed by atoms with Gasteiger partial charge in [-0.25, -0.2) is 4.79 Å². The minimum Gasteiger partial charge on any atom is -0.507 e. The molecule has 0 radical (unpaired) electrons. The number of ether oxygens (including phenoxy) is 4. The van der Waals surface area contributed by atoms with E-state index in [1.165, 1.54) is 0 Å². The van der Waals surface area contributed by atoms with Crippen molar-refractivity contribution in [1.82, 2.24) is 4.90 Å². The first kappa shape index (κ1) is 20.9. The van der Waals surface area contributed by atoms with Crippen molar-refractivity contribution in [1.29, 1.82) is 0 Å². The van der Waals surface area contributed by atoms with Crippen LogP contribution < -0.4 is 4.74 Å². The second-order valence-corrected chi connectivity index (χ2v) is 8.44. The molecule has 0 saturated carbocycles. The lowest BCUT2D eigenvalue weighted by molar-refractivity contribution is -0.145. The Morgan fingerprint density at radius 1 is 1.27 bits per heavy atom. The second-order valence-electron chi connectivity index (χ2n) is 8.44. The molecular weight excluding hydrogens is 390 g/mol. The molecule has 164 valence electrons. The van der Waals surface area contributed by atoms with Crippen molar-refractivity contribution >= 4 is 11.9 Å². The van der Waals surface area contributed by atoms with Crippen molar-refractivity contribution < 1.29 is 33.6 Å². The number of hydrogen-bond donors (Lipinski definition) is 1. The van der Waals surface area contributed by atoms with Crippen LogP contribution in [-0.2, 0) is 32.0 Å². The molecule has 30 heavy (non-hydrogen) atoms. The second kappa shape index (κ2) is 8.43. The smallest absolute Gasteiger partial charge is 0.342 e. The maximum Gasteiger partial charge on any atom is 0.342 e. The number of rotatable bonds is 6. The molecule has 1 N–H and O–H groups in total. The van der Waals surface area contributed by atoms with Gasteiger partial charge in [0.1, 0.15) is 35.9 Å². The monoisotopic (exact) mass is 419 g/mol. The summed E-state index contributed by atoms with van der Waals surface area (Å²) >= 11 is 0. The summed E-state index contributed by atoms with van der Waals surface area (Å²) in [6, 6.07) is 0. The minimum atomic E-state index is -0.537. The van der Waals surface area contributed by atoms with Crippen LogP contribution in [0.5, 0.6) is 11.5 Å².